The van der Waals surface area contributed by atoms with Gasteiger partial charge in [0, 0.05) is 55.4 Å². The van der Waals surface area contributed by atoms with Crippen LogP contribution >= 0.6 is 0 Å². The molecule has 1 spiro atoms. The van der Waals surface area contributed by atoms with Gasteiger partial charge in [-0.25, -0.2) is 15.0 Å². The zero-order chi connectivity index (χ0) is 40.8. The third kappa shape index (κ3) is 5.37. The highest BCUT2D eigenvalue weighted by molar-refractivity contribution is 6.13. The van der Waals surface area contributed by atoms with E-state index in [2.05, 4.69) is 150 Å². The molecule has 0 atom stereocenters. The molecule has 0 saturated heterocycles. The van der Waals surface area contributed by atoms with E-state index < -0.39 is 0 Å². The largest absolute Gasteiger partial charge is 0.456 e. The van der Waals surface area contributed by atoms with Gasteiger partial charge in [-0.3, -0.25) is 0 Å². The summed E-state index contributed by atoms with van der Waals surface area (Å²) in [5.74, 6) is 1.93. The second-order valence-corrected chi connectivity index (χ2v) is 17.1. The average Bonchev–Trinajstić information content (AvgIpc) is 3.96. The maximum Gasteiger partial charge on any atom is 0.164 e. The Morgan fingerprint density at radius 3 is 1.77 bits per heavy atom. The summed E-state index contributed by atoms with van der Waals surface area (Å²) in [6.45, 7) is 0. The van der Waals surface area contributed by atoms with Gasteiger partial charge in [0.15, 0.2) is 17.5 Å². The van der Waals surface area contributed by atoms with Crippen molar-refractivity contribution in [1.29, 1.82) is 0 Å². The molecule has 11 aromatic rings. The highest BCUT2D eigenvalue weighted by Gasteiger charge is 2.44. The normalized spacial score (nSPS) is 14.3. The summed E-state index contributed by atoms with van der Waals surface area (Å²) in [7, 11) is 0. The molecule has 294 valence electrons. The third-order valence-electron chi connectivity index (χ3n) is 13.7. The zero-order valence-corrected chi connectivity index (χ0v) is 34.1. The Labute approximate surface area is 359 Å². The molecule has 0 unspecified atom stereocenters. The predicted octanol–water partition coefficient (Wildman–Crippen LogP) is 14.8. The Morgan fingerprint density at radius 1 is 0.387 bits per heavy atom. The number of rotatable bonds is 5. The molecule has 0 bridgehead atoms. The number of nitrogens with zero attached hydrogens (tertiary/aromatic N) is 4. The Bertz CT molecular complexity index is 3540. The quantitative estimate of drug-likeness (QED) is 0.174. The summed E-state index contributed by atoms with van der Waals surface area (Å²) in [5.41, 5.74) is 16.0. The maximum atomic E-state index is 6.48. The van der Waals surface area contributed by atoms with E-state index in [-0.39, 0.29) is 5.41 Å². The molecule has 1 fully saturated rings. The predicted molar refractivity (Wildman–Crippen MR) is 252 cm³/mol. The molecular formula is C57H40N4O. The summed E-state index contributed by atoms with van der Waals surface area (Å²) < 4.78 is 8.91. The lowest BCUT2D eigenvalue weighted by molar-refractivity contribution is 0.353. The van der Waals surface area contributed by atoms with Crippen molar-refractivity contribution in [2.75, 3.05) is 0 Å². The van der Waals surface area contributed by atoms with E-state index in [9.17, 15) is 0 Å². The van der Waals surface area contributed by atoms with Crippen LogP contribution in [0.15, 0.2) is 186 Å². The molecule has 8 aromatic carbocycles. The molecule has 2 aliphatic rings. The first-order chi connectivity index (χ1) is 30.7. The molecule has 13 rings (SSSR count). The first kappa shape index (κ1) is 35.2. The van der Waals surface area contributed by atoms with Gasteiger partial charge in [0.05, 0.1) is 11.0 Å². The van der Waals surface area contributed by atoms with Crippen LogP contribution in [0.25, 0.3) is 106 Å². The second-order valence-electron chi connectivity index (χ2n) is 17.1. The van der Waals surface area contributed by atoms with Crippen molar-refractivity contribution in [3.8, 4) is 62.1 Å². The van der Waals surface area contributed by atoms with Crippen LogP contribution in [-0.4, -0.2) is 19.5 Å². The Balaban J connectivity index is 1.04. The number of benzene rings is 8. The highest BCUT2D eigenvalue weighted by Crippen LogP contribution is 2.57. The molecule has 0 N–H and O–H groups in total. The van der Waals surface area contributed by atoms with Crippen molar-refractivity contribution in [1.82, 2.24) is 19.5 Å². The Kier molecular flexibility index (Phi) is 7.77. The summed E-state index contributed by atoms with van der Waals surface area (Å²) in [4.78, 5) is 15.5. The lowest BCUT2D eigenvalue weighted by Crippen LogP contribution is -2.27. The van der Waals surface area contributed by atoms with E-state index in [0.29, 0.717) is 17.5 Å². The Hall–Kier alpha value is -7.63. The standard InChI is InChI=1S/C57H40N4O/c1-4-14-36(15-5-1)37-22-24-39(25-23-37)55-58-54(38-16-6-2-7-17-38)59-56(60-55)40-26-29-50-46(32-40)47-34-49-45(42-18-8-10-20-48(42)57(49)30-12-3-13-31-57)35-51(47)61(50)41-27-28-44-43-19-9-11-21-52(43)62-53(44)33-41/h1-2,4-11,14-29,32-35H,3,12-13,30-31H2. The summed E-state index contributed by atoms with van der Waals surface area (Å²) >= 11 is 0. The molecule has 0 radical (unpaired) electrons. The van der Waals surface area contributed by atoms with Crippen LogP contribution in [0.5, 0.6) is 0 Å². The number of hydrogen-bond acceptors (Lipinski definition) is 4. The molecule has 3 aromatic heterocycles. The molecule has 0 amide bonds. The number of fused-ring (bicyclic) bond motifs is 11. The minimum absolute atomic E-state index is 0.0291. The van der Waals surface area contributed by atoms with Crippen molar-refractivity contribution in [2.24, 2.45) is 0 Å². The van der Waals surface area contributed by atoms with Crippen LogP contribution in [0.2, 0.25) is 0 Å². The lowest BCUT2D eigenvalue weighted by atomic mass is 9.68. The van der Waals surface area contributed by atoms with Gasteiger partial charge in [-0.05, 0) is 94.8 Å². The maximum absolute atomic E-state index is 6.48. The van der Waals surface area contributed by atoms with Crippen LogP contribution in [0, 0.1) is 0 Å². The Morgan fingerprint density at radius 2 is 0.984 bits per heavy atom. The van der Waals surface area contributed by atoms with Gasteiger partial charge >= 0.3 is 0 Å². The van der Waals surface area contributed by atoms with Crippen LogP contribution < -0.4 is 0 Å². The fourth-order valence-corrected chi connectivity index (χ4v) is 10.7. The van der Waals surface area contributed by atoms with E-state index in [1.54, 1.807) is 0 Å². The topological polar surface area (TPSA) is 56.7 Å². The van der Waals surface area contributed by atoms with Crippen LogP contribution in [0.4, 0.5) is 0 Å². The van der Waals surface area contributed by atoms with Gasteiger partial charge in [0.25, 0.3) is 0 Å². The van der Waals surface area contributed by atoms with Gasteiger partial charge in [-0.2, -0.15) is 0 Å². The van der Waals surface area contributed by atoms with Crippen LogP contribution in [0.3, 0.4) is 0 Å². The SMILES string of the molecule is c1ccc(-c2ccc(-c3nc(-c4ccccc4)nc(-c4ccc5c(c4)c4cc6c(cc4n5-c4ccc5c(c4)oc4ccccc45)-c4ccccc4C64CCCCC4)n3)cc2)cc1. The molecule has 62 heavy (non-hydrogen) atoms. The van der Waals surface area contributed by atoms with Gasteiger partial charge < -0.3 is 8.98 Å². The highest BCUT2D eigenvalue weighted by atomic mass is 16.3. The molecule has 3 heterocycles. The first-order valence-electron chi connectivity index (χ1n) is 21.8. The van der Waals surface area contributed by atoms with Crippen molar-refractivity contribution in [3.63, 3.8) is 0 Å². The van der Waals surface area contributed by atoms with E-state index in [4.69, 9.17) is 19.4 Å². The number of furan rings is 1. The van der Waals surface area contributed by atoms with E-state index in [1.165, 1.54) is 76.2 Å². The van der Waals surface area contributed by atoms with E-state index in [1.807, 2.05) is 36.4 Å². The van der Waals surface area contributed by atoms with Gasteiger partial charge in [-0.1, -0.05) is 147 Å². The van der Waals surface area contributed by atoms with Crippen molar-refractivity contribution in [2.45, 2.75) is 37.5 Å². The van der Waals surface area contributed by atoms with Gasteiger partial charge in [-0.15, -0.1) is 0 Å². The van der Waals surface area contributed by atoms with Crippen molar-refractivity contribution in [3.05, 3.63) is 193 Å². The fourth-order valence-electron chi connectivity index (χ4n) is 10.7. The lowest BCUT2D eigenvalue weighted by Gasteiger charge is -2.36. The summed E-state index contributed by atoms with van der Waals surface area (Å²) in [5, 5.41) is 4.65. The van der Waals surface area contributed by atoms with E-state index >= 15 is 0 Å². The monoisotopic (exact) mass is 796 g/mol. The zero-order valence-electron chi connectivity index (χ0n) is 34.1. The number of aromatic nitrogens is 4. The minimum Gasteiger partial charge on any atom is -0.456 e. The fraction of sp³-hybridized carbons (Fsp3) is 0.105. The second kappa shape index (κ2) is 13.7. The van der Waals surface area contributed by atoms with Crippen LogP contribution in [0.1, 0.15) is 43.2 Å². The van der Waals surface area contributed by atoms with Crippen molar-refractivity contribution >= 4 is 43.7 Å². The smallest absolute Gasteiger partial charge is 0.164 e. The molecule has 0 aliphatic heterocycles. The average molecular weight is 797 g/mol. The van der Waals surface area contributed by atoms with Crippen molar-refractivity contribution < 1.29 is 4.42 Å². The third-order valence-corrected chi connectivity index (χ3v) is 13.7. The molecule has 5 heteroatoms. The van der Waals surface area contributed by atoms with Gasteiger partial charge in [0.1, 0.15) is 11.2 Å². The molecule has 5 nitrogen and oxygen atoms in total. The van der Waals surface area contributed by atoms with E-state index in [0.717, 1.165) is 55.4 Å². The molecule has 2 aliphatic carbocycles. The summed E-state index contributed by atoms with van der Waals surface area (Å²) in [6.07, 6.45) is 6.14. The minimum atomic E-state index is 0.0291. The molecular weight excluding hydrogens is 757 g/mol. The molecule has 1 saturated carbocycles. The van der Waals surface area contributed by atoms with Gasteiger partial charge in [0.2, 0.25) is 0 Å². The first-order valence-corrected chi connectivity index (χ1v) is 21.8. The number of para-hydroxylation sites is 1. The summed E-state index contributed by atoms with van der Waals surface area (Å²) in [6, 6.07) is 65.1. The number of hydrogen-bond donors (Lipinski definition) is 0. The van der Waals surface area contributed by atoms with Crippen LogP contribution in [-0.2, 0) is 5.41 Å².